The topological polar surface area (TPSA) is 98.3 Å². The fourth-order valence-corrected chi connectivity index (χ4v) is 2.22. The number of nitrogens with zero attached hydrogens (tertiary/aromatic N) is 1. The Bertz CT molecular complexity index is 737. The van der Waals surface area contributed by atoms with Crippen molar-refractivity contribution in [3.8, 4) is 0 Å². The lowest BCUT2D eigenvalue weighted by atomic mass is 10.1. The lowest BCUT2D eigenvalue weighted by Gasteiger charge is -2.09. The average molecular weight is 371 g/mol. The van der Waals surface area contributed by atoms with E-state index in [0.717, 1.165) is 4.47 Å². The summed E-state index contributed by atoms with van der Waals surface area (Å²) in [6, 6.07) is 8.99. The Hall–Kier alpha value is -2.12. The standard InChI is InChI=1S/C13H9BrClN3O3/c14-7-4-5-9(15)10(6-7)17-13(19)8-2-1-3-11(12(8)16)18(20)21/h1-6H,16H2,(H,17,19). The molecule has 0 aliphatic carbocycles. The number of nitrogens with one attached hydrogen (secondary N) is 1. The summed E-state index contributed by atoms with van der Waals surface area (Å²) in [5.74, 6) is -0.573. The predicted octanol–water partition coefficient (Wildman–Crippen LogP) is 3.85. The van der Waals surface area contributed by atoms with Gasteiger partial charge >= 0.3 is 0 Å². The molecule has 21 heavy (non-hydrogen) atoms. The molecule has 0 aliphatic heterocycles. The quantitative estimate of drug-likeness (QED) is 0.487. The van der Waals surface area contributed by atoms with Gasteiger partial charge in [-0.15, -0.1) is 0 Å². The van der Waals surface area contributed by atoms with Crippen molar-refractivity contribution in [1.82, 2.24) is 0 Å². The van der Waals surface area contributed by atoms with E-state index in [2.05, 4.69) is 21.2 Å². The van der Waals surface area contributed by atoms with Crippen LogP contribution in [0.3, 0.4) is 0 Å². The summed E-state index contributed by atoms with van der Waals surface area (Å²) >= 11 is 9.24. The molecule has 6 nitrogen and oxygen atoms in total. The van der Waals surface area contributed by atoms with Crippen molar-refractivity contribution in [3.63, 3.8) is 0 Å². The summed E-state index contributed by atoms with van der Waals surface area (Å²) in [7, 11) is 0. The molecule has 0 fully saturated rings. The van der Waals surface area contributed by atoms with Crippen molar-refractivity contribution in [3.05, 3.63) is 61.6 Å². The van der Waals surface area contributed by atoms with E-state index in [-0.39, 0.29) is 16.9 Å². The van der Waals surface area contributed by atoms with Gasteiger partial charge in [-0.05, 0) is 24.3 Å². The molecule has 0 heterocycles. The van der Waals surface area contributed by atoms with Crippen LogP contribution < -0.4 is 11.1 Å². The summed E-state index contributed by atoms with van der Waals surface area (Å²) in [5.41, 5.74) is 5.55. The summed E-state index contributed by atoms with van der Waals surface area (Å²) in [4.78, 5) is 22.4. The van der Waals surface area contributed by atoms with E-state index < -0.39 is 10.8 Å². The van der Waals surface area contributed by atoms with Crippen LogP contribution in [-0.4, -0.2) is 10.8 Å². The highest BCUT2D eigenvalue weighted by molar-refractivity contribution is 9.10. The number of nitrogen functional groups attached to an aromatic ring is 1. The average Bonchev–Trinajstić information content (AvgIpc) is 2.42. The number of nitro groups is 1. The molecule has 2 rings (SSSR count). The van der Waals surface area contributed by atoms with Crippen molar-refractivity contribution >= 4 is 50.5 Å². The number of rotatable bonds is 3. The first-order chi connectivity index (χ1) is 9.90. The van der Waals surface area contributed by atoms with E-state index in [9.17, 15) is 14.9 Å². The molecular formula is C13H9BrClN3O3. The molecule has 3 N–H and O–H groups in total. The first kappa shape index (κ1) is 15.3. The van der Waals surface area contributed by atoms with Crippen LogP contribution in [0.4, 0.5) is 17.1 Å². The molecule has 2 aromatic carbocycles. The molecule has 0 atom stereocenters. The van der Waals surface area contributed by atoms with Crippen molar-refractivity contribution in [1.29, 1.82) is 0 Å². The summed E-state index contributed by atoms with van der Waals surface area (Å²) < 4.78 is 0.731. The Morgan fingerprint density at radius 1 is 1.33 bits per heavy atom. The number of halogens is 2. The van der Waals surface area contributed by atoms with Crippen LogP contribution in [0.25, 0.3) is 0 Å². The van der Waals surface area contributed by atoms with Crippen LogP contribution in [0.1, 0.15) is 10.4 Å². The van der Waals surface area contributed by atoms with Gasteiger partial charge in [0, 0.05) is 10.5 Å². The van der Waals surface area contributed by atoms with E-state index in [4.69, 9.17) is 17.3 Å². The highest BCUT2D eigenvalue weighted by atomic mass is 79.9. The van der Waals surface area contributed by atoms with Gasteiger partial charge in [-0.1, -0.05) is 33.6 Å². The van der Waals surface area contributed by atoms with Gasteiger partial charge in [-0.3, -0.25) is 14.9 Å². The van der Waals surface area contributed by atoms with E-state index >= 15 is 0 Å². The number of carbonyl (C=O) groups excluding carboxylic acids is 1. The minimum absolute atomic E-state index is 0.0141. The van der Waals surface area contributed by atoms with Crippen molar-refractivity contribution in [2.45, 2.75) is 0 Å². The van der Waals surface area contributed by atoms with E-state index in [1.165, 1.54) is 18.2 Å². The molecule has 0 bridgehead atoms. The number of para-hydroxylation sites is 1. The van der Waals surface area contributed by atoms with E-state index in [1.54, 1.807) is 18.2 Å². The number of anilines is 2. The van der Waals surface area contributed by atoms with Crippen LogP contribution in [0.15, 0.2) is 40.9 Å². The zero-order valence-corrected chi connectivity index (χ0v) is 12.8. The first-order valence-electron chi connectivity index (χ1n) is 5.69. The third kappa shape index (κ3) is 3.32. The van der Waals surface area contributed by atoms with Crippen LogP contribution in [-0.2, 0) is 0 Å². The van der Waals surface area contributed by atoms with E-state index in [1.807, 2.05) is 0 Å². The second-order valence-electron chi connectivity index (χ2n) is 4.07. The molecule has 0 saturated carbocycles. The Morgan fingerprint density at radius 2 is 2.05 bits per heavy atom. The predicted molar refractivity (Wildman–Crippen MR) is 84.6 cm³/mol. The minimum atomic E-state index is -0.641. The van der Waals surface area contributed by atoms with Crippen LogP contribution in [0.2, 0.25) is 5.02 Å². The maximum absolute atomic E-state index is 12.2. The summed E-state index contributed by atoms with van der Waals surface area (Å²) in [6.45, 7) is 0. The SMILES string of the molecule is Nc1c(C(=O)Nc2cc(Br)ccc2Cl)cccc1[N+](=O)[O-]. The largest absolute Gasteiger partial charge is 0.393 e. The fraction of sp³-hybridized carbons (Fsp3) is 0. The van der Waals surface area contributed by atoms with Gasteiger partial charge < -0.3 is 11.1 Å². The molecule has 0 radical (unpaired) electrons. The molecule has 0 aliphatic rings. The van der Waals surface area contributed by atoms with Crippen molar-refractivity contribution < 1.29 is 9.72 Å². The number of carbonyl (C=O) groups is 1. The Morgan fingerprint density at radius 3 is 2.71 bits per heavy atom. The van der Waals surface area contributed by atoms with Gasteiger partial charge in [0.1, 0.15) is 5.69 Å². The molecule has 108 valence electrons. The van der Waals surface area contributed by atoms with Gasteiger partial charge in [0.2, 0.25) is 0 Å². The first-order valence-corrected chi connectivity index (χ1v) is 6.86. The third-order valence-corrected chi connectivity index (χ3v) is 3.52. The number of nitrogens with two attached hydrogens (primary N) is 1. The fourth-order valence-electron chi connectivity index (χ4n) is 1.69. The van der Waals surface area contributed by atoms with Gasteiger partial charge in [0.25, 0.3) is 11.6 Å². The third-order valence-electron chi connectivity index (χ3n) is 2.70. The van der Waals surface area contributed by atoms with Crippen LogP contribution in [0.5, 0.6) is 0 Å². The number of nitro benzene ring substituents is 1. The highest BCUT2D eigenvalue weighted by Gasteiger charge is 2.19. The van der Waals surface area contributed by atoms with Crippen LogP contribution >= 0.6 is 27.5 Å². The molecule has 0 aromatic heterocycles. The van der Waals surface area contributed by atoms with Gasteiger partial charge in [0.15, 0.2) is 0 Å². The second-order valence-corrected chi connectivity index (χ2v) is 5.40. The Labute approximate surface area is 133 Å². The number of benzene rings is 2. The molecule has 8 heteroatoms. The normalized spacial score (nSPS) is 10.2. The Balaban J connectivity index is 2.35. The number of hydrogen-bond acceptors (Lipinski definition) is 4. The van der Waals surface area contributed by atoms with Crippen LogP contribution in [0, 0.1) is 10.1 Å². The molecule has 0 spiro atoms. The van der Waals surface area contributed by atoms with Crippen molar-refractivity contribution in [2.24, 2.45) is 0 Å². The van der Waals surface area contributed by atoms with Gasteiger partial charge in [-0.25, -0.2) is 0 Å². The molecule has 0 unspecified atom stereocenters. The van der Waals surface area contributed by atoms with Gasteiger partial charge in [0.05, 0.1) is 21.2 Å². The van der Waals surface area contributed by atoms with Crippen molar-refractivity contribution in [2.75, 3.05) is 11.1 Å². The lowest BCUT2D eigenvalue weighted by Crippen LogP contribution is -2.15. The maximum Gasteiger partial charge on any atom is 0.292 e. The maximum atomic E-state index is 12.2. The summed E-state index contributed by atoms with van der Waals surface area (Å²) in [5, 5.41) is 13.7. The van der Waals surface area contributed by atoms with Gasteiger partial charge in [-0.2, -0.15) is 0 Å². The zero-order chi connectivity index (χ0) is 15.6. The highest BCUT2D eigenvalue weighted by Crippen LogP contribution is 2.28. The van der Waals surface area contributed by atoms with E-state index in [0.29, 0.717) is 10.7 Å². The molecule has 2 aromatic rings. The molecule has 0 saturated heterocycles. The minimum Gasteiger partial charge on any atom is -0.393 e. The lowest BCUT2D eigenvalue weighted by molar-refractivity contribution is -0.383. The number of amides is 1. The monoisotopic (exact) mass is 369 g/mol. The summed E-state index contributed by atoms with van der Waals surface area (Å²) in [6.07, 6.45) is 0. The molecule has 1 amide bonds. The Kier molecular flexibility index (Phi) is 4.44. The zero-order valence-electron chi connectivity index (χ0n) is 10.5. The second kappa shape index (κ2) is 6.11. The smallest absolute Gasteiger partial charge is 0.292 e. The molecular weight excluding hydrogens is 362 g/mol. The number of hydrogen-bond donors (Lipinski definition) is 2.